The van der Waals surface area contributed by atoms with Gasteiger partial charge in [-0.2, -0.15) is 5.26 Å². The predicted octanol–water partition coefficient (Wildman–Crippen LogP) is 0.127. The van der Waals surface area contributed by atoms with Crippen LogP contribution in [0.3, 0.4) is 0 Å². The summed E-state index contributed by atoms with van der Waals surface area (Å²) in [6.07, 6.45) is 0.336. The van der Waals surface area contributed by atoms with E-state index in [1.165, 1.54) is 0 Å². The van der Waals surface area contributed by atoms with Gasteiger partial charge in [0, 0.05) is 19.6 Å². The van der Waals surface area contributed by atoms with Crippen LogP contribution in [-0.2, 0) is 14.8 Å². The number of aliphatic hydroxyl groups is 1. The lowest BCUT2D eigenvalue weighted by molar-refractivity contribution is 0.0314. The topological polar surface area (TPSA) is 99.4 Å². The lowest BCUT2D eigenvalue weighted by Gasteiger charge is -2.20. The van der Waals surface area contributed by atoms with E-state index in [0.29, 0.717) is 13.0 Å². The fraction of sp³-hybridized carbons (Fsp3) is 0.417. The lowest BCUT2D eigenvalue weighted by atomic mass is 10.1. The van der Waals surface area contributed by atoms with Gasteiger partial charge in [0.2, 0.25) is 10.0 Å². The van der Waals surface area contributed by atoms with Crippen LogP contribution in [-0.4, -0.2) is 38.9 Å². The van der Waals surface area contributed by atoms with Gasteiger partial charge in [-0.1, -0.05) is 0 Å². The van der Waals surface area contributed by atoms with Gasteiger partial charge in [0.1, 0.15) is 17.5 Å². The number of nitrogens with zero attached hydrogens (tertiary/aromatic N) is 1. The Labute approximate surface area is 115 Å². The highest BCUT2D eigenvalue weighted by molar-refractivity contribution is 7.89. The van der Waals surface area contributed by atoms with Gasteiger partial charge in [0.05, 0.1) is 17.1 Å². The third-order valence-electron chi connectivity index (χ3n) is 3.04. The highest BCUT2D eigenvalue weighted by Gasteiger charge is 2.33. The molecule has 1 aliphatic rings. The smallest absolute Gasteiger partial charge is 0.240 e. The van der Waals surface area contributed by atoms with Crippen molar-refractivity contribution in [3.8, 4) is 6.07 Å². The molecule has 1 atom stereocenters. The molecule has 6 nitrogen and oxygen atoms in total. The van der Waals surface area contributed by atoms with Crippen LogP contribution in [0.2, 0.25) is 0 Å². The van der Waals surface area contributed by atoms with Gasteiger partial charge in [-0.05, 0) is 18.2 Å². The minimum absolute atomic E-state index is 0.0579. The summed E-state index contributed by atoms with van der Waals surface area (Å²) in [5.41, 5.74) is -1.58. The Bertz CT molecular complexity index is 648. The second-order valence-electron chi connectivity index (χ2n) is 4.60. The Hall–Kier alpha value is -1.53. The van der Waals surface area contributed by atoms with Crippen LogP contribution in [0, 0.1) is 17.1 Å². The van der Waals surface area contributed by atoms with Crippen LogP contribution < -0.4 is 4.72 Å². The molecule has 1 saturated heterocycles. The molecule has 8 heteroatoms. The number of sulfonamides is 1. The molecule has 1 unspecified atom stereocenters. The van der Waals surface area contributed by atoms with Gasteiger partial charge in [0.25, 0.3) is 0 Å². The van der Waals surface area contributed by atoms with Crippen molar-refractivity contribution < 1.29 is 22.7 Å². The molecule has 1 aromatic carbocycles. The number of halogens is 1. The van der Waals surface area contributed by atoms with Crippen LogP contribution in [0.5, 0.6) is 0 Å². The highest BCUT2D eigenvalue weighted by Crippen LogP contribution is 2.19. The van der Waals surface area contributed by atoms with Gasteiger partial charge in [-0.3, -0.25) is 0 Å². The largest absolute Gasteiger partial charge is 0.386 e. The average molecular weight is 300 g/mol. The zero-order chi connectivity index (χ0) is 14.8. The van der Waals surface area contributed by atoms with Crippen molar-refractivity contribution in [3.05, 3.63) is 29.6 Å². The summed E-state index contributed by atoms with van der Waals surface area (Å²) < 4.78 is 44.4. The SMILES string of the molecule is N#Cc1cc(S(=O)(=O)NCC2(O)CCOC2)ccc1F. The molecular weight excluding hydrogens is 287 g/mol. The van der Waals surface area contributed by atoms with Crippen molar-refractivity contribution in [2.45, 2.75) is 16.9 Å². The summed E-state index contributed by atoms with van der Waals surface area (Å²) in [4.78, 5) is -0.224. The third kappa shape index (κ3) is 3.13. The van der Waals surface area contributed by atoms with E-state index in [1.54, 1.807) is 6.07 Å². The lowest BCUT2D eigenvalue weighted by Crippen LogP contribution is -2.43. The summed E-state index contributed by atoms with van der Waals surface area (Å²) in [5, 5.41) is 18.7. The van der Waals surface area contributed by atoms with E-state index < -0.39 is 21.4 Å². The van der Waals surface area contributed by atoms with Crippen molar-refractivity contribution in [2.75, 3.05) is 19.8 Å². The maximum absolute atomic E-state index is 13.2. The first-order valence-electron chi connectivity index (χ1n) is 5.86. The number of ether oxygens (including phenoxy) is 1. The van der Waals surface area contributed by atoms with E-state index >= 15 is 0 Å². The van der Waals surface area contributed by atoms with Crippen molar-refractivity contribution >= 4 is 10.0 Å². The number of rotatable bonds is 4. The molecule has 1 aromatic rings. The molecule has 0 aliphatic carbocycles. The average Bonchev–Trinajstić information content (AvgIpc) is 2.85. The fourth-order valence-corrected chi connectivity index (χ4v) is 2.95. The molecule has 0 spiro atoms. The van der Waals surface area contributed by atoms with E-state index in [4.69, 9.17) is 10.00 Å². The Morgan fingerprint density at radius 2 is 2.30 bits per heavy atom. The molecule has 0 bridgehead atoms. The molecule has 2 N–H and O–H groups in total. The minimum Gasteiger partial charge on any atom is -0.386 e. The highest BCUT2D eigenvalue weighted by atomic mass is 32.2. The van der Waals surface area contributed by atoms with E-state index in [0.717, 1.165) is 18.2 Å². The van der Waals surface area contributed by atoms with Crippen LogP contribution in [0.4, 0.5) is 4.39 Å². The monoisotopic (exact) mass is 300 g/mol. The standard InChI is InChI=1S/C12H13FN2O4S/c13-11-2-1-10(5-9(11)6-14)20(17,18)15-7-12(16)3-4-19-8-12/h1-2,5,15-16H,3-4,7-8H2. The molecule has 20 heavy (non-hydrogen) atoms. The fourth-order valence-electron chi connectivity index (χ4n) is 1.81. The summed E-state index contributed by atoms with van der Waals surface area (Å²) >= 11 is 0. The first-order valence-corrected chi connectivity index (χ1v) is 7.34. The third-order valence-corrected chi connectivity index (χ3v) is 4.44. The quantitative estimate of drug-likeness (QED) is 0.823. The van der Waals surface area contributed by atoms with Gasteiger partial charge in [0.15, 0.2) is 0 Å². The Morgan fingerprint density at radius 3 is 2.90 bits per heavy atom. The second-order valence-corrected chi connectivity index (χ2v) is 6.37. The summed E-state index contributed by atoms with van der Waals surface area (Å²) in [6.45, 7) is 0.227. The van der Waals surface area contributed by atoms with E-state index in [9.17, 15) is 17.9 Å². The van der Waals surface area contributed by atoms with Crippen LogP contribution in [0.15, 0.2) is 23.1 Å². The Kier molecular flexibility index (Phi) is 4.06. The maximum atomic E-state index is 13.2. The van der Waals surface area contributed by atoms with E-state index in [2.05, 4.69) is 4.72 Å². The Morgan fingerprint density at radius 1 is 1.55 bits per heavy atom. The van der Waals surface area contributed by atoms with Crippen LogP contribution in [0.1, 0.15) is 12.0 Å². The number of benzene rings is 1. The van der Waals surface area contributed by atoms with E-state index in [1.807, 2.05) is 0 Å². The minimum atomic E-state index is -3.92. The summed E-state index contributed by atoms with van der Waals surface area (Å²) in [7, 11) is -3.92. The molecule has 108 valence electrons. The molecule has 0 amide bonds. The first kappa shape index (κ1) is 14.9. The number of hydrogen-bond donors (Lipinski definition) is 2. The molecule has 1 heterocycles. The zero-order valence-electron chi connectivity index (χ0n) is 10.5. The number of hydrogen-bond acceptors (Lipinski definition) is 5. The molecule has 0 aromatic heterocycles. The van der Waals surface area contributed by atoms with Gasteiger partial charge < -0.3 is 9.84 Å². The molecule has 1 aliphatic heterocycles. The molecule has 0 saturated carbocycles. The second kappa shape index (κ2) is 5.46. The van der Waals surface area contributed by atoms with Crippen LogP contribution in [0.25, 0.3) is 0 Å². The predicted molar refractivity (Wildman–Crippen MR) is 66.7 cm³/mol. The molecule has 2 rings (SSSR count). The maximum Gasteiger partial charge on any atom is 0.240 e. The summed E-state index contributed by atoms with van der Waals surface area (Å²) in [6, 6.07) is 4.51. The zero-order valence-corrected chi connectivity index (χ0v) is 11.3. The number of nitrogens with one attached hydrogen (secondary N) is 1. The van der Waals surface area contributed by atoms with Gasteiger partial charge in [-0.25, -0.2) is 17.5 Å². The van der Waals surface area contributed by atoms with Crippen molar-refractivity contribution in [1.29, 1.82) is 5.26 Å². The summed E-state index contributed by atoms with van der Waals surface area (Å²) in [5.74, 6) is -0.783. The van der Waals surface area contributed by atoms with Gasteiger partial charge >= 0.3 is 0 Å². The number of nitriles is 1. The van der Waals surface area contributed by atoms with Crippen LogP contribution >= 0.6 is 0 Å². The Balaban J connectivity index is 2.16. The van der Waals surface area contributed by atoms with Crippen molar-refractivity contribution in [3.63, 3.8) is 0 Å². The molecule has 1 fully saturated rings. The normalized spacial score (nSPS) is 22.6. The first-order chi connectivity index (χ1) is 9.36. The molecule has 0 radical (unpaired) electrons. The van der Waals surface area contributed by atoms with Crippen molar-refractivity contribution in [1.82, 2.24) is 4.72 Å². The van der Waals surface area contributed by atoms with E-state index in [-0.39, 0.29) is 23.6 Å². The van der Waals surface area contributed by atoms with Gasteiger partial charge in [-0.15, -0.1) is 0 Å². The van der Waals surface area contributed by atoms with Crippen molar-refractivity contribution in [2.24, 2.45) is 0 Å². The molecular formula is C12H13FN2O4S.